The predicted molar refractivity (Wildman–Crippen MR) is 79.6 cm³/mol. The van der Waals surface area contributed by atoms with E-state index in [0.29, 0.717) is 0 Å². The molecule has 0 aromatic heterocycles. The first-order valence-corrected chi connectivity index (χ1v) is 7.08. The van der Waals surface area contributed by atoms with Gasteiger partial charge in [0.15, 0.2) is 0 Å². The second-order valence-electron chi connectivity index (χ2n) is 6.15. The van der Waals surface area contributed by atoms with Crippen molar-refractivity contribution in [3.63, 3.8) is 0 Å². The molecule has 1 N–H and O–H groups in total. The molecular weight excluding hydrogens is 311 g/mol. The molecular formula is C16H20F3NO3. The minimum absolute atomic E-state index is 0.103. The molecule has 1 aromatic rings. The van der Waals surface area contributed by atoms with E-state index in [-0.39, 0.29) is 18.1 Å². The highest BCUT2D eigenvalue weighted by molar-refractivity contribution is 5.95. The summed E-state index contributed by atoms with van der Waals surface area (Å²) in [6, 6.07) is 4.15. The number of carbonyl (C=O) groups excluding carboxylic acids is 2. The topological polar surface area (TPSA) is 55.4 Å². The van der Waals surface area contributed by atoms with Gasteiger partial charge in [-0.1, -0.05) is 13.8 Å². The van der Waals surface area contributed by atoms with E-state index < -0.39 is 29.2 Å². The van der Waals surface area contributed by atoms with Gasteiger partial charge < -0.3 is 10.1 Å². The summed E-state index contributed by atoms with van der Waals surface area (Å²) in [5.74, 6) is -0.550. The Bertz CT molecular complexity index is 551. The van der Waals surface area contributed by atoms with Crippen LogP contribution < -0.4 is 5.32 Å². The largest absolute Gasteiger partial charge is 0.463 e. The molecule has 4 nitrogen and oxygen atoms in total. The Labute approximate surface area is 133 Å². The zero-order valence-electron chi connectivity index (χ0n) is 13.4. The van der Waals surface area contributed by atoms with Crippen LogP contribution in [0.4, 0.5) is 18.9 Å². The number of amides is 1. The molecule has 23 heavy (non-hydrogen) atoms. The zero-order chi connectivity index (χ0) is 17.8. The van der Waals surface area contributed by atoms with Crippen molar-refractivity contribution in [2.75, 3.05) is 5.32 Å². The Balaban J connectivity index is 2.91. The molecule has 0 fully saturated rings. The van der Waals surface area contributed by atoms with Crippen LogP contribution in [0.25, 0.3) is 0 Å². The molecule has 0 bridgehead atoms. The molecule has 1 aromatic carbocycles. The van der Waals surface area contributed by atoms with Crippen LogP contribution in [-0.4, -0.2) is 18.5 Å². The molecule has 0 aliphatic carbocycles. The lowest BCUT2D eigenvalue weighted by atomic mass is 9.79. The van der Waals surface area contributed by atoms with Crippen molar-refractivity contribution in [2.45, 2.75) is 40.0 Å². The highest BCUT2D eigenvalue weighted by Crippen LogP contribution is 2.32. The van der Waals surface area contributed by atoms with Gasteiger partial charge in [-0.05, 0) is 44.0 Å². The van der Waals surface area contributed by atoms with Gasteiger partial charge in [-0.3, -0.25) is 9.59 Å². The van der Waals surface area contributed by atoms with E-state index in [2.05, 4.69) is 5.32 Å². The van der Waals surface area contributed by atoms with Crippen LogP contribution in [0, 0.1) is 11.3 Å². The van der Waals surface area contributed by atoms with Crippen molar-refractivity contribution in [1.82, 2.24) is 0 Å². The summed E-state index contributed by atoms with van der Waals surface area (Å²) in [5.41, 5.74) is -1.60. The summed E-state index contributed by atoms with van der Waals surface area (Å²) in [6.07, 6.45) is -5.09. The van der Waals surface area contributed by atoms with E-state index >= 15 is 0 Å². The van der Waals surface area contributed by atoms with Gasteiger partial charge in [0.25, 0.3) is 6.47 Å². The molecule has 128 valence electrons. The van der Waals surface area contributed by atoms with Gasteiger partial charge in [0.2, 0.25) is 5.91 Å². The fraction of sp³-hybridized carbons (Fsp3) is 0.500. The smallest absolute Gasteiger partial charge is 0.416 e. The molecule has 0 spiro atoms. The molecule has 1 unspecified atom stereocenters. The van der Waals surface area contributed by atoms with E-state index in [1.54, 1.807) is 27.7 Å². The lowest BCUT2D eigenvalue weighted by molar-refractivity contribution is -0.149. The second-order valence-corrected chi connectivity index (χ2v) is 6.15. The molecule has 0 saturated heterocycles. The molecule has 7 heteroatoms. The Morgan fingerprint density at radius 1 is 1.17 bits per heavy atom. The van der Waals surface area contributed by atoms with Crippen LogP contribution in [0.15, 0.2) is 24.3 Å². The number of rotatable bonds is 6. The third kappa shape index (κ3) is 4.71. The molecule has 1 amide bonds. The Morgan fingerprint density at radius 2 is 1.70 bits per heavy atom. The first-order valence-electron chi connectivity index (χ1n) is 7.08. The van der Waals surface area contributed by atoms with Crippen molar-refractivity contribution in [1.29, 1.82) is 0 Å². The second kappa shape index (κ2) is 7.02. The van der Waals surface area contributed by atoms with E-state index in [1.807, 2.05) is 0 Å². The standard InChI is InChI=1S/C16H20F3NO3/c1-10(2)13(23-9-21)15(3,4)14(22)20-12-7-5-11(6-8-12)16(17,18)19/h5-10,13H,1-4H3,(H,20,22). The summed E-state index contributed by atoms with van der Waals surface area (Å²) < 4.78 is 42.5. The van der Waals surface area contributed by atoms with Gasteiger partial charge in [-0.2, -0.15) is 13.2 Å². The highest BCUT2D eigenvalue weighted by Gasteiger charge is 2.40. The summed E-state index contributed by atoms with van der Waals surface area (Å²) in [4.78, 5) is 23.0. The molecule has 0 saturated carbocycles. The van der Waals surface area contributed by atoms with Crippen LogP contribution in [0.1, 0.15) is 33.3 Å². The number of nitrogens with one attached hydrogen (secondary N) is 1. The summed E-state index contributed by atoms with van der Waals surface area (Å²) in [6.45, 7) is 7.13. The van der Waals surface area contributed by atoms with Gasteiger partial charge in [0.05, 0.1) is 11.0 Å². The lowest BCUT2D eigenvalue weighted by Gasteiger charge is -2.34. The van der Waals surface area contributed by atoms with Crippen molar-refractivity contribution < 1.29 is 27.5 Å². The molecule has 1 atom stereocenters. The van der Waals surface area contributed by atoms with E-state index in [9.17, 15) is 22.8 Å². The maximum atomic E-state index is 12.5. The van der Waals surface area contributed by atoms with Crippen molar-refractivity contribution in [2.24, 2.45) is 11.3 Å². The van der Waals surface area contributed by atoms with Crippen molar-refractivity contribution >= 4 is 18.1 Å². The average molecular weight is 331 g/mol. The first kappa shape index (κ1) is 19.0. The quantitative estimate of drug-likeness (QED) is 0.805. The number of alkyl halides is 3. The molecule has 0 heterocycles. The number of hydrogen-bond acceptors (Lipinski definition) is 3. The van der Waals surface area contributed by atoms with E-state index in [0.717, 1.165) is 12.1 Å². The van der Waals surface area contributed by atoms with Crippen LogP contribution in [-0.2, 0) is 20.5 Å². The predicted octanol–water partition coefficient (Wildman–Crippen LogP) is 3.87. The number of ether oxygens (including phenoxy) is 1. The van der Waals surface area contributed by atoms with Crippen molar-refractivity contribution in [3.05, 3.63) is 29.8 Å². The fourth-order valence-corrected chi connectivity index (χ4v) is 2.38. The number of anilines is 1. The fourth-order valence-electron chi connectivity index (χ4n) is 2.38. The number of carbonyl (C=O) groups is 2. The molecule has 1 rings (SSSR count). The molecule has 0 aliphatic heterocycles. The Hall–Kier alpha value is -2.05. The van der Waals surface area contributed by atoms with Gasteiger partial charge in [0.1, 0.15) is 6.10 Å². The maximum Gasteiger partial charge on any atom is 0.416 e. The summed E-state index contributed by atoms with van der Waals surface area (Å²) >= 11 is 0. The van der Waals surface area contributed by atoms with E-state index in [1.165, 1.54) is 12.1 Å². The number of hydrogen-bond donors (Lipinski definition) is 1. The average Bonchev–Trinajstić information content (AvgIpc) is 2.43. The summed E-state index contributed by atoms with van der Waals surface area (Å²) in [7, 11) is 0. The van der Waals surface area contributed by atoms with Gasteiger partial charge in [-0.25, -0.2) is 0 Å². The Kier molecular flexibility index (Phi) is 5.80. The molecule has 0 aliphatic rings. The molecule has 0 radical (unpaired) electrons. The van der Waals surface area contributed by atoms with Crippen molar-refractivity contribution in [3.8, 4) is 0 Å². The Morgan fingerprint density at radius 3 is 2.09 bits per heavy atom. The number of benzene rings is 1. The van der Waals surface area contributed by atoms with Crippen LogP contribution >= 0.6 is 0 Å². The van der Waals surface area contributed by atoms with E-state index in [4.69, 9.17) is 4.74 Å². The minimum atomic E-state index is -4.43. The van der Waals surface area contributed by atoms with Crippen LogP contribution in [0.3, 0.4) is 0 Å². The number of halogens is 3. The van der Waals surface area contributed by atoms with Gasteiger partial charge in [0, 0.05) is 5.69 Å². The zero-order valence-corrected chi connectivity index (χ0v) is 13.4. The monoisotopic (exact) mass is 331 g/mol. The maximum absolute atomic E-state index is 12.5. The van der Waals surface area contributed by atoms with Crippen LogP contribution in [0.2, 0.25) is 0 Å². The SMILES string of the molecule is CC(C)C(OC=O)C(C)(C)C(=O)Nc1ccc(C(F)(F)F)cc1. The highest BCUT2D eigenvalue weighted by atomic mass is 19.4. The lowest BCUT2D eigenvalue weighted by Crippen LogP contribution is -2.45. The third-order valence-corrected chi connectivity index (χ3v) is 3.57. The first-order chi connectivity index (χ1) is 10.5. The minimum Gasteiger partial charge on any atom is -0.463 e. The normalized spacial score (nSPS) is 13.6. The summed E-state index contributed by atoms with van der Waals surface area (Å²) in [5, 5.41) is 2.55. The third-order valence-electron chi connectivity index (χ3n) is 3.57. The van der Waals surface area contributed by atoms with Crippen LogP contribution in [0.5, 0.6) is 0 Å². The van der Waals surface area contributed by atoms with Gasteiger partial charge in [-0.15, -0.1) is 0 Å². The van der Waals surface area contributed by atoms with Gasteiger partial charge >= 0.3 is 6.18 Å².